The Morgan fingerprint density at radius 2 is 1.63 bits per heavy atom. The average molecular weight is 487 g/mol. The number of nitrogens with zero attached hydrogens (tertiary/aromatic N) is 3. The molecule has 180 valence electrons. The second kappa shape index (κ2) is 10.9. The van der Waals surface area contributed by atoms with Gasteiger partial charge in [0, 0.05) is 37.0 Å². The van der Waals surface area contributed by atoms with Gasteiger partial charge in [0.15, 0.2) is 5.17 Å². The van der Waals surface area contributed by atoms with Gasteiger partial charge in [-0.05, 0) is 62.1 Å². The Labute approximate surface area is 210 Å². The monoisotopic (exact) mass is 486 g/mol. The van der Waals surface area contributed by atoms with Crippen molar-refractivity contribution < 1.29 is 9.59 Å². The number of rotatable bonds is 7. The molecule has 0 spiro atoms. The van der Waals surface area contributed by atoms with Crippen LogP contribution in [0.25, 0.3) is 0 Å². The number of aromatic nitrogens is 1. The first-order valence-electron chi connectivity index (χ1n) is 11.7. The minimum absolute atomic E-state index is 0.0864. The maximum absolute atomic E-state index is 13.4. The summed E-state index contributed by atoms with van der Waals surface area (Å²) in [4.78, 5) is 37.4. The molecule has 1 N–H and O–H groups in total. The van der Waals surface area contributed by atoms with Crippen LogP contribution in [0.1, 0.15) is 34.4 Å². The van der Waals surface area contributed by atoms with Crippen LogP contribution in [-0.2, 0) is 16.0 Å². The number of hydrogen-bond donors (Lipinski definition) is 1. The third-order valence-electron chi connectivity index (χ3n) is 6.10. The van der Waals surface area contributed by atoms with Crippen molar-refractivity contribution in [3.05, 3.63) is 88.7 Å². The maximum atomic E-state index is 13.4. The predicted molar refractivity (Wildman–Crippen MR) is 143 cm³/mol. The Morgan fingerprint density at radius 1 is 0.971 bits per heavy atom. The van der Waals surface area contributed by atoms with Crippen molar-refractivity contribution in [1.82, 2.24) is 9.88 Å². The van der Waals surface area contributed by atoms with Crippen LogP contribution in [0.5, 0.6) is 0 Å². The van der Waals surface area contributed by atoms with Crippen LogP contribution < -0.4 is 5.32 Å². The Bertz CT molecular complexity index is 1230. The average Bonchev–Trinajstić information content (AvgIpc) is 3.12. The first-order valence-corrected chi connectivity index (χ1v) is 12.6. The molecule has 4 rings (SSSR count). The van der Waals surface area contributed by atoms with Crippen LogP contribution in [0, 0.1) is 27.7 Å². The number of carbonyl (C=O) groups excluding carboxylic acids is 2. The maximum Gasteiger partial charge on any atom is 0.242 e. The Balaban J connectivity index is 1.56. The van der Waals surface area contributed by atoms with Gasteiger partial charge in [-0.3, -0.25) is 19.5 Å². The molecule has 2 heterocycles. The quantitative estimate of drug-likeness (QED) is 0.477. The number of amidine groups is 1. The van der Waals surface area contributed by atoms with Gasteiger partial charge in [0.05, 0.1) is 5.69 Å². The van der Waals surface area contributed by atoms with E-state index < -0.39 is 5.25 Å². The van der Waals surface area contributed by atoms with Gasteiger partial charge in [-0.1, -0.05) is 54.2 Å². The zero-order chi connectivity index (χ0) is 24.9. The van der Waals surface area contributed by atoms with E-state index in [4.69, 9.17) is 4.99 Å². The molecule has 0 unspecified atom stereocenters. The Hall–Kier alpha value is -3.45. The molecule has 35 heavy (non-hydrogen) atoms. The summed E-state index contributed by atoms with van der Waals surface area (Å²) in [6.45, 7) is 8.42. The lowest BCUT2D eigenvalue weighted by atomic mass is 10.1. The summed E-state index contributed by atoms with van der Waals surface area (Å²) in [6.07, 6.45) is 2.45. The van der Waals surface area contributed by atoms with E-state index in [0.717, 1.165) is 39.3 Å². The zero-order valence-electron chi connectivity index (χ0n) is 20.5. The van der Waals surface area contributed by atoms with E-state index in [9.17, 15) is 9.59 Å². The highest BCUT2D eigenvalue weighted by molar-refractivity contribution is 8.15. The molecule has 1 atom stereocenters. The molecular weight excluding hydrogens is 456 g/mol. The van der Waals surface area contributed by atoms with Crippen molar-refractivity contribution in [2.24, 2.45) is 4.99 Å². The lowest BCUT2D eigenvalue weighted by Gasteiger charge is -2.17. The molecule has 7 heteroatoms. The topological polar surface area (TPSA) is 74.7 Å². The summed E-state index contributed by atoms with van der Waals surface area (Å²) < 4.78 is 0. The number of nitrogens with one attached hydrogen (secondary N) is 1. The van der Waals surface area contributed by atoms with E-state index in [1.165, 1.54) is 11.8 Å². The Morgan fingerprint density at radius 3 is 2.26 bits per heavy atom. The van der Waals surface area contributed by atoms with Crippen molar-refractivity contribution >= 4 is 40.1 Å². The van der Waals surface area contributed by atoms with E-state index in [2.05, 4.69) is 10.3 Å². The molecular formula is C28H30N4O2S. The molecule has 0 aliphatic carbocycles. The van der Waals surface area contributed by atoms with E-state index >= 15 is 0 Å². The molecule has 0 bridgehead atoms. The van der Waals surface area contributed by atoms with Gasteiger partial charge in [0.1, 0.15) is 5.25 Å². The third-order valence-corrected chi connectivity index (χ3v) is 7.28. The summed E-state index contributed by atoms with van der Waals surface area (Å²) in [5.41, 5.74) is 6.68. The highest BCUT2D eigenvalue weighted by atomic mass is 32.2. The fraction of sp³-hybridized carbons (Fsp3) is 0.286. The van der Waals surface area contributed by atoms with Gasteiger partial charge in [0.25, 0.3) is 0 Å². The van der Waals surface area contributed by atoms with Gasteiger partial charge in [-0.15, -0.1) is 0 Å². The lowest BCUT2D eigenvalue weighted by Crippen LogP contribution is -2.35. The summed E-state index contributed by atoms with van der Waals surface area (Å²) >= 11 is 1.37. The van der Waals surface area contributed by atoms with Crippen LogP contribution in [0.4, 0.5) is 11.4 Å². The fourth-order valence-corrected chi connectivity index (χ4v) is 5.32. The molecule has 1 aliphatic rings. The molecule has 0 saturated carbocycles. The number of amides is 2. The number of aryl methyl sites for hydroxylation is 4. The number of pyridine rings is 1. The molecule has 0 radical (unpaired) electrons. The first-order chi connectivity index (χ1) is 16.8. The molecule has 1 saturated heterocycles. The van der Waals surface area contributed by atoms with Crippen molar-refractivity contribution in [1.29, 1.82) is 0 Å². The minimum atomic E-state index is -0.522. The van der Waals surface area contributed by atoms with Crippen molar-refractivity contribution in [2.75, 3.05) is 11.9 Å². The van der Waals surface area contributed by atoms with Crippen molar-refractivity contribution in [3.63, 3.8) is 0 Å². The molecule has 3 aromatic rings. The molecule has 1 aromatic heterocycles. The molecule has 1 aliphatic heterocycles. The van der Waals surface area contributed by atoms with Crippen LogP contribution in [0.3, 0.4) is 0 Å². The molecule has 2 amide bonds. The van der Waals surface area contributed by atoms with Gasteiger partial charge in [-0.25, -0.2) is 4.99 Å². The summed E-state index contributed by atoms with van der Waals surface area (Å²) in [5, 5.41) is 3.12. The number of para-hydroxylation sites is 2. The van der Waals surface area contributed by atoms with E-state index in [0.29, 0.717) is 18.1 Å². The second-order valence-electron chi connectivity index (χ2n) is 8.82. The van der Waals surface area contributed by atoms with E-state index in [1.807, 2.05) is 82.3 Å². The number of benzene rings is 2. The number of carbonyl (C=O) groups is 2. The third kappa shape index (κ3) is 5.80. The van der Waals surface area contributed by atoms with E-state index in [-0.39, 0.29) is 18.2 Å². The van der Waals surface area contributed by atoms with Crippen LogP contribution >= 0.6 is 11.8 Å². The SMILES string of the molecule is Cc1cccc(C)c1N=C1S[C@H](CC(=O)Nc2c(C)cccc2C)C(=O)N1CCc1ccccn1. The largest absolute Gasteiger partial charge is 0.326 e. The predicted octanol–water partition coefficient (Wildman–Crippen LogP) is 5.52. The lowest BCUT2D eigenvalue weighted by molar-refractivity contribution is -0.128. The summed E-state index contributed by atoms with van der Waals surface area (Å²) in [6, 6.07) is 17.7. The number of anilines is 1. The number of hydrogen-bond acceptors (Lipinski definition) is 5. The minimum Gasteiger partial charge on any atom is -0.326 e. The standard InChI is InChI=1S/C28H30N4O2S/c1-18-9-7-10-19(2)25(18)30-24(33)17-23-27(34)32(16-14-22-13-5-6-15-29-22)28(35-23)31-26-20(3)11-8-12-21(26)4/h5-13,15,23H,14,16-17H2,1-4H3,(H,30,33)/t23-/m1/s1. The van der Waals surface area contributed by atoms with Gasteiger partial charge < -0.3 is 5.32 Å². The van der Waals surface area contributed by atoms with Crippen LogP contribution in [-0.4, -0.2) is 38.7 Å². The zero-order valence-corrected chi connectivity index (χ0v) is 21.4. The van der Waals surface area contributed by atoms with Crippen LogP contribution in [0.2, 0.25) is 0 Å². The van der Waals surface area contributed by atoms with Gasteiger partial charge >= 0.3 is 0 Å². The summed E-state index contributed by atoms with van der Waals surface area (Å²) in [5.74, 6) is -0.265. The molecule has 6 nitrogen and oxygen atoms in total. The highest BCUT2D eigenvalue weighted by Crippen LogP contribution is 2.34. The first kappa shape index (κ1) is 24.7. The smallest absolute Gasteiger partial charge is 0.242 e. The van der Waals surface area contributed by atoms with Crippen LogP contribution in [0.15, 0.2) is 65.8 Å². The Kier molecular flexibility index (Phi) is 7.66. The molecule has 1 fully saturated rings. The van der Waals surface area contributed by atoms with Crippen molar-refractivity contribution in [2.45, 2.75) is 45.8 Å². The second-order valence-corrected chi connectivity index (χ2v) is 9.99. The fourth-order valence-electron chi connectivity index (χ4n) is 4.15. The molecule has 2 aromatic carbocycles. The van der Waals surface area contributed by atoms with Gasteiger partial charge in [0.2, 0.25) is 11.8 Å². The van der Waals surface area contributed by atoms with E-state index in [1.54, 1.807) is 11.1 Å². The normalized spacial score (nSPS) is 16.7. The van der Waals surface area contributed by atoms with Crippen molar-refractivity contribution in [3.8, 4) is 0 Å². The van der Waals surface area contributed by atoms with Gasteiger partial charge in [-0.2, -0.15) is 0 Å². The highest BCUT2D eigenvalue weighted by Gasteiger charge is 2.39. The number of thioether (sulfide) groups is 1. The summed E-state index contributed by atoms with van der Waals surface area (Å²) in [7, 11) is 0. The number of aliphatic imine (C=N–C) groups is 1.